The van der Waals surface area contributed by atoms with Crippen LogP contribution in [0.25, 0.3) is 5.65 Å². The Balaban J connectivity index is 1.37. The Kier molecular flexibility index (Phi) is 5.30. The Labute approximate surface area is 171 Å². The number of rotatable bonds is 6. The van der Waals surface area contributed by atoms with Gasteiger partial charge in [0.15, 0.2) is 0 Å². The summed E-state index contributed by atoms with van der Waals surface area (Å²) in [5.74, 6) is 0.813. The minimum absolute atomic E-state index is 0.0935. The third-order valence-electron chi connectivity index (χ3n) is 4.63. The Morgan fingerprint density at radius 3 is 2.63 bits per heavy atom. The maximum atomic E-state index is 12.3. The molecule has 8 nitrogen and oxygen atoms in total. The van der Waals surface area contributed by atoms with E-state index < -0.39 is 5.97 Å². The molecule has 0 radical (unpaired) electrons. The van der Waals surface area contributed by atoms with Crippen molar-refractivity contribution in [1.29, 1.82) is 0 Å². The fraction of sp³-hybridized carbons (Fsp3) is 0.182. The number of esters is 1. The summed E-state index contributed by atoms with van der Waals surface area (Å²) in [5, 5.41) is 3.89. The van der Waals surface area contributed by atoms with Crippen molar-refractivity contribution < 1.29 is 18.8 Å². The zero-order chi connectivity index (χ0) is 21.1. The van der Waals surface area contributed by atoms with Gasteiger partial charge in [-0.25, -0.2) is 9.78 Å². The molecule has 4 rings (SSSR count). The van der Waals surface area contributed by atoms with Crippen molar-refractivity contribution in [2.24, 2.45) is 0 Å². The van der Waals surface area contributed by atoms with Crippen molar-refractivity contribution in [2.45, 2.75) is 27.1 Å². The number of pyridine rings is 1. The Bertz CT molecular complexity index is 1240. The molecule has 30 heavy (non-hydrogen) atoms. The van der Waals surface area contributed by atoms with E-state index in [1.54, 1.807) is 48.7 Å². The Morgan fingerprint density at radius 1 is 1.10 bits per heavy atom. The molecule has 0 spiro atoms. The van der Waals surface area contributed by atoms with Gasteiger partial charge in [0.1, 0.15) is 30.4 Å². The zero-order valence-corrected chi connectivity index (χ0v) is 16.5. The second-order valence-electron chi connectivity index (χ2n) is 6.71. The Morgan fingerprint density at radius 2 is 1.90 bits per heavy atom. The van der Waals surface area contributed by atoms with Crippen molar-refractivity contribution in [3.8, 4) is 5.75 Å². The van der Waals surface area contributed by atoms with Gasteiger partial charge in [-0.3, -0.25) is 9.20 Å². The molecule has 4 aromatic rings. The molecule has 0 N–H and O–H groups in total. The zero-order valence-electron chi connectivity index (χ0n) is 16.5. The number of aromatic nitrogens is 3. The standard InChI is InChI=1S/C22H19N3O5/c1-14-19(15(2)30-24-14)13-28-18-8-6-16(7-9-18)22(27)29-12-17-11-21(26)25-10-4-3-5-20(25)23-17/h3-11H,12-13H2,1-2H3. The highest BCUT2D eigenvalue weighted by Gasteiger charge is 2.12. The summed E-state index contributed by atoms with van der Waals surface area (Å²) in [6.45, 7) is 3.92. The summed E-state index contributed by atoms with van der Waals surface area (Å²) in [5.41, 5.74) is 2.71. The third-order valence-corrected chi connectivity index (χ3v) is 4.63. The van der Waals surface area contributed by atoms with Crippen LogP contribution in [0.1, 0.15) is 33.1 Å². The van der Waals surface area contributed by atoms with Crippen LogP contribution in [0.2, 0.25) is 0 Å². The van der Waals surface area contributed by atoms with Gasteiger partial charge in [0, 0.05) is 12.3 Å². The summed E-state index contributed by atoms with van der Waals surface area (Å²) in [4.78, 5) is 28.7. The van der Waals surface area contributed by atoms with Crippen LogP contribution in [0.5, 0.6) is 5.75 Å². The molecule has 0 saturated carbocycles. The molecule has 0 amide bonds. The van der Waals surface area contributed by atoms with Gasteiger partial charge < -0.3 is 14.0 Å². The van der Waals surface area contributed by atoms with Crippen LogP contribution in [0.4, 0.5) is 0 Å². The lowest BCUT2D eigenvalue weighted by atomic mass is 10.2. The van der Waals surface area contributed by atoms with Gasteiger partial charge in [-0.15, -0.1) is 0 Å². The fourth-order valence-electron chi connectivity index (χ4n) is 2.95. The molecule has 0 saturated heterocycles. The van der Waals surface area contributed by atoms with Gasteiger partial charge in [-0.1, -0.05) is 11.2 Å². The molecule has 0 bridgehead atoms. The monoisotopic (exact) mass is 405 g/mol. The highest BCUT2D eigenvalue weighted by atomic mass is 16.5. The molecular formula is C22H19N3O5. The first kappa shape index (κ1) is 19.4. The van der Waals surface area contributed by atoms with Crippen LogP contribution in [0, 0.1) is 13.8 Å². The predicted molar refractivity (Wildman–Crippen MR) is 107 cm³/mol. The highest BCUT2D eigenvalue weighted by Crippen LogP contribution is 2.18. The average Bonchev–Trinajstić information content (AvgIpc) is 3.08. The summed E-state index contributed by atoms with van der Waals surface area (Å²) in [6.07, 6.45) is 1.63. The summed E-state index contributed by atoms with van der Waals surface area (Å²) in [6, 6.07) is 13.2. The van der Waals surface area contributed by atoms with Gasteiger partial charge in [0.05, 0.1) is 22.5 Å². The maximum absolute atomic E-state index is 12.3. The van der Waals surface area contributed by atoms with Crippen molar-refractivity contribution in [3.05, 3.63) is 93.4 Å². The second kappa shape index (κ2) is 8.20. The smallest absolute Gasteiger partial charge is 0.338 e. The van der Waals surface area contributed by atoms with E-state index in [0.717, 1.165) is 17.0 Å². The number of ether oxygens (including phenoxy) is 2. The summed E-state index contributed by atoms with van der Waals surface area (Å²) >= 11 is 0. The van der Waals surface area contributed by atoms with Crippen LogP contribution in [-0.2, 0) is 18.0 Å². The van der Waals surface area contributed by atoms with Gasteiger partial charge in [0.2, 0.25) is 0 Å². The maximum Gasteiger partial charge on any atom is 0.338 e. The molecule has 8 heteroatoms. The Hall–Kier alpha value is -3.94. The first-order chi connectivity index (χ1) is 14.5. The lowest BCUT2D eigenvalue weighted by molar-refractivity contribution is 0.0467. The molecule has 0 fully saturated rings. The molecular weight excluding hydrogens is 386 g/mol. The number of fused-ring (bicyclic) bond motifs is 1. The van der Waals surface area contributed by atoms with E-state index in [0.29, 0.717) is 29.3 Å². The molecule has 3 heterocycles. The van der Waals surface area contributed by atoms with Crippen molar-refractivity contribution >= 4 is 11.6 Å². The lowest BCUT2D eigenvalue weighted by Crippen LogP contribution is -2.16. The molecule has 0 atom stereocenters. The van der Waals surface area contributed by atoms with Crippen LogP contribution in [0.15, 0.2) is 64.0 Å². The second-order valence-corrected chi connectivity index (χ2v) is 6.71. The number of aryl methyl sites for hydroxylation is 2. The average molecular weight is 405 g/mol. The number of carbonyl (C=O) groups excluding carboxylic acids is 1. The van der Waals surface area contributed by atoms with Crippen LogP contribution in [0.3, 0.4) is 0 Å². The van der Waals surface area contributed by atoms with Gasteiger partial charge in [-0.2, -0.15) is 0 Å². The van der Waals surface area contributed by atoms with Crippen molar-refractivity contribution in [3.63, 3.8) is 0 Å². The van der Waals surface area contributed by atoms with Crippen LogP contribution in [-0.4, -0.2) is 20.5 Å². The van der Waals surface area contributed by atoms with E-state index >= 15 is 0 Å². The SMILES string of the molecule is Cc1noc(C)c1COc1ccc(C(=O)OCc2cc(=O)n3ccccc3n2)cc1. The quantitative estimate of drug-likeness (QED) is 0.454. The number of hydrogen-bond acceptors (Lipinski definition) is 7. The number of nitrogens with zero attached hydrogens (tertiary/aromatic N) is 3. The predicted octanol–water partition coefficient (Wildman–Crippen LogP) is 3.24. The molecule has 3 aromatic heterocycles. The fourth-order valence-corrected chi connectivity index (χ4v) is 2.95. The first-order valence-electron chi connectivity index (χ1n) is 9.30. The van der Waals surface area contributed by atoms with Crippen LogP contribution < -0.4 is 10.3 Å². The normalized spacial score (nSPS) is 10.9. The molecule has 0 unspecified atom stereocenters. The topological polar surface area (TPSA) is 95.9 Å². The highest BCUT2D eigenvalue weighted by molar-refractivity contribution is 5.89. The van der Waals surface area contributed by atoms with E-state index in [2.05, 4.69) is 10.1 Å². The van der Waals surface area contributed by atoms with Crippen LogP contribution >= 0.6 is 0 Å². The first-order valence-corrected chi connectivity index (χ1v) is 9.30. The molecule has 1 aromatic carbocycles. The van der Waals surface area contributed by atoms with E-state index in [1.165, 1.54) is 10.5 Å². The minimum atomic E-state index is -0.512. The van der Waals surface area contributed by atoms with Gasteiger partial charge >= 0.3 is 5.97 Å². The summed E-state index contributed by atoms with van der Waals surface area (Å²) < 4.78 is 17.6. The van der Waals surface area contributed by atoms with Crippen molar-refractivity contribution in [2.75, 3.05) is 0 Å². The van der Waals surface area contributed by atoms with Gasteiger partial charge in [0.25, 0.3) is 5.56 Å². The van der Waals surface area contributed by atoms with E-state index in [-0.39, 0.29) is 12.2 Å². The van der Waals surface area contributed by atoms with E-state index in [4.69, 9.17) is 14.0 Å². The largest absolute Gasteiger partial charge is 0.489 e. The number of hydrogen-bond donors (Lipinski definition) is 0. The van der Waals surface area contributed by atoms with Gasteiger partial charge in [-0.05, 0) is 50.2 Å². The molecule has 0 aliphatic heterocycles. The molecule has 0 aliphatic carbocycles. The lowest BCUT2D eigenvalue weighted by Gasteiger charge is -2.08. The van der Waals surface area contributed by atoms with Crippen molar-refractivity contribution in [1.82, 2.24) is 14.5 Å². The molecule has 152 valence electrons. The van der Waals surface area contributed by atoms with E-state index in [9.17, 15) is 9.59 Å². The van der Waals surface area contributed by atoms with E-state index in [1.807, 2.05) is 13.8 Å². The minimum Gasteiger partial charge on any atom is -0.489 e. The summed E-state index contributed by atoms with van der Waals surface area (Å²) in [7, 11) is 0. The number of benzene rings is 1. The number of carbonyl (C=O) groups is 1. The third kappa shape index (κ3) is 4.07. The molecule has 0 aliphatic rings.